The molecule has 7 nitrogen and oxygen atoms in total. The highest BCUT2D eigenvalue weighted by molar-refractivity contribution is 5.94. The summed E-state index contributed by atoms with van der Waals surface area (Å²) in [6.07, 6.45) is 3.71. The molecule has 2 aliphatic heterocycles. The first-order valence-corrected chi connectivity index (χ1v) is 9.54. The lowest BCUT2D eigenvalue weighted by molar-refractivity contribution is 0.251. The van der Waals surface area contributed by atoms with Crippen LogP contribution >= 0.6 is 0 Å². The molecule has 2 unspecified atom stereocenters. The van der Waals surface area contributed by atoms with E-state index >= 15 is 0 Å². The van der Waals surface area contributed by atoms with Gasteiger partial charge in [-0.25, -0.2) is 9.79 Å². The van der Waals surface area contributed by atoms with E-state index in [0.29, 0.717) is 12.4 Å². The van der Waals surface area contributed by atoms with Crippen LogP contribution in [0.25, 0.3) is 0 Å². The molecular formula is C21H24N6O. The van der Waals surface area contributed by atoms with Crippen molar-refractivity contribution in [1.29, 1.82) is 0 Å². The number of amidine groups is 1. The van der Waals surface area contributed by atoms with E-state index in [1.807, 2.05) is 54.9 Å². The van der Waals surface area contributed by atoms with Crippen molar-refractivity contribution in [2.24, 2.45) is 15.7 Å². The lowest BCUT2D eigenvalue weighted by Gasteiger charge is -2.31. The number of unbranched alkanes of at least 4 members (excludes halogenated alkanes) is 1. The van der Waals surface area contributed by atoms with Gasteiger partial charge in [0, 0.05) is 24.3 Å². The van der Waals surface area contributed by atoms with E-state index in [4.69, 9.17) is 5.73 Å². The van der Waals surface area contributed by atoms with E-state index < -0.39 is 0 Å². The van der Waals surface area contributed by atoms with Gasteiger partial charge in [-0.15, -0.1) is 0 Å². The summed E-state index contributed by atoms with van der Waals surface area (Å²) in [6.45, 7) is 1.48. The average molecular weight is 376 g/mol. The minimum absolute atomic E-state index is 0.107. The Balaban J connectivity index is 1.24. The van der Waals surface area contributed by atoms with Crippen molar-refractivity contribution < 1.29 is 4.79 Å². The summed E-state index contributed by atoms with van der Waals surface area (Å²) in [5.41, 5.74) is 9.00. The largest absolute Gasteiger partial charge is 0.385 e. The highest BCUT2D eigenvalue weighted by Gasteiger charge is 2.38. The van der Waals surface area contributed by atoms with Crippen molar-refractivity contribution in [2.45, 2.75) is 24.9 Å². The number of carbonyl (C=O) groups is 1. The highest BCUT2D eigenvalue weighted by Crippen LogP contribution is 2.39. The van der Waals surface area contributed by atoms with Crippen LogP contribution in [0.15, 0.2) is 64.6 Å². The lowest BCUT2D eigenvalue weighted by atomic mass is 9.94. The van der Waals surface area contributed by atoms with Gasteiger partial charge in [-0.05, 0) is 31.0 Å². The van der Waals surface area contributed by atoms with Crippen LogP contribution in [0.2, 0.25) is 0 Å². The van der Waals surface area contributed by atoms with Crippen LogP contribution in [0.4, 0.5) is 16.2 Å². The molecule has 28 heavy (non-hydrogen) atoms. The molecule has 2 heterocycles. The second-order valence-electron chi connectivity index (χ2n) is 6.94. The van der Waals surface area contributed by atoms with Gasteiger partial charge in [0.2, 0.25) is 0 Å². The minimum atomic E-state index is -0.181. The molecule has 4 rings (SSSR count). The minimum Gasteiger partial charge on any atom is -0.385 e. The van der Waals surface area contributed by atoms with Gasteiger partial charge in [0.05, 0.1) is 18.1 Å². The van der Waals surface area contributed by atoms with Crippen molar-refractivity contribution in [3.05, 3.63) is 60.2 Å². The molecule has 0 spiro atoms. The molecule has 0 fully saturated rings. The van der Waals surface area contributed by atoms with Crippen molar-refractivity contribution in [2.75, 3.05) is 18.4 Å². The monoisotopic (exact) mass is 376 g/mol. The maximum Gasteiger partial charge on any atom is 0.319 e. The summed E-state index contributed by atoms with van der Waals surface area (Å²) in [5, 5.41) is 5.71. The fraction of sp³-hybridized carbons (Fsp3) is 0.286. The van der Waals surface area contributed by atoms with Gasteiger partial charge in [-0.3, -0.25) is 4.99 Å². The molecule has 0 saturated carbocycles. The van der Waals surface area contributed by atoms with Crippen LogP contribution in [0.1, 0.15) is 24.4 Å². The Labute approximate surface area is 164 Å². The zero-order valence-electron chi connectivity index (χ0n) is 15.6. The zero-order chi connectivity index (χ0) is 19.3. The molecule has 7 heteroatoms. The first kappa shape index (κ1) is 18.0. The van der Waals surface area contributed by atoms with E-state index in [1.54, 1.807) is 0 Å². The van der Waals surface area contributed by atoms with Gasteiger partial charge in [0.15, 0.2) is 0 Å². The normalized spacial score (nSPS) is 19.6. The molecule has 2 amide bonds. The zero-order valence-corrected chi connectivity index (χ0v) is 15.6. The Morgan fingerprint density at radius 2 is 1.86 bits per heavy atom. The molecule has 0 radical (unpaired) electrons. The number of fused-ring (bicyclic) bond motifs is 3. The lowest BCUT2D eigenvalue weighted by Crippen LogP contribution is -2.39. The van der Waals surface area contributed by atoms with Gasteiger partial charge >= 0.3 is 6.03 Å². The average Bonchev–Trinajstić information content (AvgIpc) is 3.13. The van der Waals surface area contributed by atoms with Crippen LogP contribution in [-0.4, -0.2) is 42.2 Å². The van der Waals surface area contributed by atoms with Crippen LogP contribution in [0, 0.1) is 0 Å². The van der Waals surface area contributed by atoms with Crippen molar-refractivity contribution >= 4 is 29.6 Å². The highest BCUT2D eigenvalue weighted by atomic mass is 16.2. The van der Waals surface area contributed by atoms with Crippen LogP contribution < -0.4 is 16.4 Å². The van der Waals surface area contributed by atoms with Gasteiger partial charge in [0.1, 0.15) is 11.9 Å². The Morgan fingerprint density at radius 1 is 1.07 bits per heavy atom. The smallest absolute Gasteiger partial charge is 0.319 e. The summed E-state index contributed by atoms with van der Waals surface area (Å²) in [6, 6.07) is 17.3. The van der Waals surface area contributed by atoms with Gasteiger partial charge in [-0.2, -0.15) is 0 Å². The number of nitrogens with zero attached hydrogens (tertiary/aromatic N) is 3. The molecule has 0 aromatic heterocycles. The molecule has 4 N–H and O–H groups in total. The topological polar surface area (TPSA) is 95.1 Å². The maximum absolute atomic E-state index is 11.9. The number of nitrogens with two attached hydrogens (primary N) is 1. The quantitative estimate of drug-likeness (QED) is 0.676. The summed E-state index contributed by atoms with van der Waals surface area (Å²) >= 11 is 0. The SMILES string of the molecule is NC1=Nc2ccccc2C2C1N=CN2CCCCNC(=O)Nc1ccccc1. The van der Waals surface area contributed by atoms with E-state index in [-0.39, 0.29) is 18.1 Å². The number of aliphatic imine (C=N–C) groups is 2. The number of nitrogens with one attached hydrogen (secondary N) is 2. The number of amides is 2. The number of urea groups is 1. The van der Waals surface area contributed by atoms with Crippen molar-refractivity contribution in [3.63, 3.8) is 0 Å². The molecule has 2 aliphatic rings. The molecule has 2 aromatic carbocycles. The fourth-order valence-corrected chi connectivity index (χ4v) is 3.64. The second kappa shape index (κ2) is 8.12. The molecule has 2 aromatic rings. The summed E-state index contributed by atoms with van der Waals surface area (Å²) in [4.78, 5) is 23.2. The number of benzene rings is 2. The fourth-order valence-electron chi connectivity index (χ4n) is 3.64. The third kappa shape index (κ3) is 3.83. The maximum atomic E-state index is 11.9. The Kier molecular flexibility index (Phi) is 5.23. The van der Waals surface area contributed by atoms with Crippen LogP contribution in [0.5, 0.6) is 0 Å². The molecule has 0 aliphatic carbocycles. The first-order valence-electron chi connectivity index (χ1n) is 9.54. The molecule has 144 valence electrons. The van der Waals surface area contributed by atoms with Gasteiger partial charge in [-0.1, -0.05) is 36.4 Å². The van der Waals surface area contributed by atoms with Gasteiger partial charge < -0.3 is 21.3 Å². The summed E-state index contributed by atoms with van der Waals surface area (Å²) < 4.78 is 0. The van der Waals surface area contributed by atoms with Crippen LogP contribution in [-0.2, 0) is 0 Å². The van der Waals surface area contributed by atoms with Crippen LogP contribution in [0.3, 0.4) is 0 Å². The van der Waals surface area contributed by atoms with E-state index in [0.717, 1.165) is 30.8 Å². The summed E-state index contributed by atoms with van der Waals surface area (Å²) in [5.74, 6) is 0.571. The Bertz CT molecular complexity index is 895. The number of anilines is 1. The Hall–Kier alpha value is -3.35. The van der Waals surface area contributed by atoms with Crippen molar-refractivity contribution in [1.82, 2.24) is 10.2 Å². The molecular weight excluding hydrogens is 352 g/mol. The number of rotatable bonds is 6. The predicted molar refractivity (Wildman–Crippen MR) is 112 cm³/mol. The predicted octanol–water partition coefficient (Wildman–Crippen LogP) is 3.04. The number of para-hydroxylation sites is 2. The molecule has 0 bridgehead atoms. The molecule has 2 atom stereocenters. The van der Waals surface area contributed by atoms with E-state index in [1.165, 1.54) is 5.56 Å². The summed E-state index contributed by atoms with van der Waals surface area (Å²) in [7, 11) is 0. The number of hydrogen-bond acceptors (Lipinski definition) is 5. The first-order chi connectivity index (χ1) is 13.7. The second-order valence-corrected chi connectivity index (χ2v) is 6.94. The van der Waals surface area contributed by atoms with E-state index in [2.05, 4.69) is 31.6 Å². The number of hydrogen-bond donors (Lipinski definition) is 3. The standard InChI is InChI=1S/C21H24N6O/c22-20-18-19(16-10-4-5-11-17(16)26-20)27(14-24-18)13-7-6-12-23-21(28)25-15-8-2-1-3-9-15/h1-5,8-11,14,18-19H,6-7,12-13H2,(H2,22,26)(H2,23,25,28). The Morgan fingerprint density at radius 3 is 2.71 bits per heavy atom. The number of carbonyl (C=O) groups excluding carboxylic acids is 1. The van der Waals surface area contributed by atoms with E-state index in [9.17, 15) is 4.79 Å². The van der Waals surface area contributed by atoms with Gasteiger partial charge in [0.25, 0.3) is 0 Å². The molecule has 0 saturated heterocycles. The third-order valence-electron chi connectivity index (χ3n) is 5.00. The van der Waals surface area contributed by atoms with Crippen molar-refractivity contribution in [3.8, 4) is 0 Å². The third-order valence-corrected chi connectivity index (χ3v) is 5.00.